The van der Waals surface area contributed by atoms with Crippen LogP contribution in [0.25, 0.3) is 71.3 Å². The van der Waals surface area contributed by atoms with Gasteiger partial charge in [0.25, 0.3) is 0 Å². The average molecular weight is 614 g/mol. The highest BCUT2D eigenvalue weighted by atomic mass is 15.2. The molecule has 3 nitrogen and oxygen atoms in total. The van der Waals surface area contributed by atoms with Crippen LogP contribution >= 0.6 is 0 Å². The third-order valence-electron chi connectivity index (χ3n) is 10.0. The number of anilines is 3. The second kappa shape index (κ2) is 10.4. The highest BCUT2D eigenvalue weighted by molar-refractivity contribution is 6.23. The first-order valence-corrected chi connectivity index (χ1v) is 16.7. The number of aryl methyl sites for hydroxylation is 1. The number of aromatic nitrogens is 2. The average Bonchev–Trinajstić information content (AvgIpc) is 3.54. The molecule has 0 saturated carbocycles. The molecule has 9 aromatic rings. The highest BCUT2D eigenvalue weighted by Gasteiger charge is 2.29. The van der Waals surface area contributed by atoms with Gasteiger partial charge < -0.3 is 4.90 Å². The Bertz CT molecular complexity index is 2660. The fourth-order valence-corrected chi connectivity index (χ4v) is 8.04. The van der Waals surface area contributed by atoms with Gasteiger partial charge in [0.05, 0.1) is 28.1 Å². The maximum Gasteiger partial charge on any atom is 0.114 e. The van der Waals surface area contributed by atoms with Gasteiger partial charge in [-0.1, -0.05) is 128 Å². The third-order valence-corrected chi connectivity index (χ3v) is 10.0. The Morgan fingerprint density at radius 1 is 0.500 bits per heavy atom. The molecule has 1 aromatic heterocycles. The van der Waals surface area contributed by atoms with Crippen molar-refractivity contribution in [3.63, 3.8) is 0 Å². The van der Waals surface area contributed by atoms with Crippen molar-refractivity contribution in [2.75, 3.05) is 4.90 Å². The van der Waals surface area contributed by atoms with E-state index in [1.54, 1.807) is 0 Å². The van der Waals surface area contributed by atoms with Gasteiger partial charge >= 0.3 is 0 Å². The zero-order valence-electron chi connectivity index (χ0n) is 26.6. The Hall–Kier alpha value is -6.19. The van der Waals surface area contributed by atoms with Crippen LogP contribution in [0.15, 0.2) is 158 Å². The SMILES string of the molecule is CCc1nc2cccc3c2n1-c1ccc(-c2c4ccccc4c(-c4cccc5ccccc45)c4ccccc24)cc1N3c1ccccc1. The van der Waals surface area contributed by atoms with Crippen molar-refractivity contribution in [2.24, 2.45) is 0 Å². The van der Waals surface area contributed by atoms with Gasteiger partial charge in [0.15, 0.2) is 0 Å². The molecule has 0 atom stereocenters. The van der Waals surface area contributed by atoms with Gasteiger partial charge in [0.1, 0.15) is 5.82 Å². The van der Waals surface area contributed by atoms with E-state index in [4.69, 9.17) is 4.98 Å². The van der Waals surface area contributed by atoms with E-state index >= 15 is 0 Å². The van der Waals surface area contributed by atoms with Crippen molar-refractivity contribution in [1.29, 1.82) is 0 Å². The van der Waals surface area contributed by atoms with E-state index in [-0.39, 0.29) is 0 Å². The van der Waals surface area contributed by atoms with Crippen LogP contribution in [-0.4, -0.2) is 9.55 Å². The van der Waals surface area contributed by atoms with Crippen molar-refractivity contribution in [3.05, 3.63) is 164 Å². The lowest BCUT2D eigenvalue weighted by atomic mass is 9.84. The van der Waals surface area contributed by atoms with Crippen LogP contribution in [0.2, 0.25) is 0 Å². The lowest BCUT2D eigenvalue weighted by Crippen LogP contribution is -2.19. The van der Waals surface area contributed by atoms with E-state index in [0.717, 1.165) is 46.0 Å². The van der Waals surface area contributed by atoms with Gasteiger partial charge in [-0.2, -0.15) is 0 Å². The Balaban J connectivity index is 1.30. The minimum atomic E-state index is 0.853. The summed E-state index contributed by atoms with van der Waals surface area (Å²) in [6.45, 7) is 2.19. The minimum absolute atomic E-state index is 0.853. The van der Waals surface area contributed by atoms with Gasteiger partial charge in [0, 0.05) is 12.1 Å². The molecule has 3 heteroatoms. The zero-order chi connectivity index (χ0) is 31.8. The molecule has 0 fully saturated rings. The molecule has 0 radical (unpaired) electrons. The lowest BCUT2D eigenvalue weighted by molar-refractivity contribution is 0.900. The molecule has 1 aliphatic rings. The maximum absolute atomic E-state index is 5.09. The molecule has 8 aromatic carbocycles. The molecule has 0 N–H and O–H groups in total. The quantitative estimate of drug-likeness (QED) is 0.184. The predicted octanol–water partition coefficient (Wildman–Crippen LogP) is 12.2. The summed E-state index contributed by atoms with van der Waals surface area (Å²) in [5, 5.41) is 7.54. The van der Waals surface area contributed by atoms with Crippen molar-refractivity contribution >= 4 is 60.4 Å². The smallest absolute Gasteiger partial charge is 0.114 e. The van der Waals surface area contributed by atoms with Gasteiger partial charge in [-0.3, -0.25) is 4.57 Å². The number of hydrogen-bond donors (Lipinski definition) is 0. The molecule has 2 heterocycles. The fraction of sp³-hybridized carbons (Fsp3) is 0.0444. The maximum atomic E-state index is 5.09. The van der Waals surface area contributed by atoms with Gasteiger partial charge in [-0.05, 0) is 91.0 Å². The molecule has 0 amide bonds. The second-order valence-corrected chi connectivity index (χ2v) is 12.6. The van der Waals surface area contributed by atoms with E-state index in [0.29, 0.717) is 0 Å². The number of benzene rings is 8. The number of imidazole rings is 1. The monoisotopic (exact) mass is 613 g/mol. The van der Waals surface area contributed by atoms with Crippen LogP contribution in [0.4, 0.5) is 17.1 Å². The third kappa shape index (κ3) is 3.79. The van der Waals surface area contributed by atoms with E-state index in [9.17, 15) is 0 Å². The number of para-hydroxylation sites is 2. The summed E-state index contributed by atoms with van der Waals surface area (Å²) in [5.74, 6) is 1.08. The number of fused-ring (bicyclic) bond motifs is 5. The van der Waals surface area contributed by atoms with Crippen LogP contribution in [0.3, 0.4) is 0 Å². The number of nitrogens with zero attached hydrogens (tertiary/aromatic N) is 3. The summed E-state index contributed by atoms with van der Waals surface area (Å²) in [4.78, 5) is 7.50. The summed E-state index contributed by atoms with van der Waals surface area (Å²) >= 11 is 0. The summed E-state index contributed by atoms with van der Waals surface area (Å²) in [5.41, 5.74) is 11.8. The summed E-state index contributed by atoms with van der Waals surface area (Å²) in [7, 11) is 0. The Morgan fingerprint density at radius 2 is 1.12 bits per heavy atom. The molecule has 0 saturated heterocycles. The molecular weight excluding hydrogens is 583 g/mol. The molecule has 48 heavy (non-hydrogen) atoms. The van der Waals surface area contributed by atoms with E-state index in [2.05, 4.69) is 174 Å². The minimum Gasteiger partial charge on any atom is -0.306 e. The first-order chi connectivity index (χ1) is 23.8. The van der Waals surface area contributed by atoms with Gasteiger partial charge in [-0.15, -0.1) is 0 Å². The van der Waals surface area contributed by atoms with Crippen LogP contribution in [-0.2, 0) is 6.42 Å². The predicted molar refractivity (Wildman–Crippen MR) is 202 cm³/mol. The van der Waals surface area contributed by atoms with E-state index in [1.807, 2.05) is 0 Å². The Morgan fingerprint density at radius 3 is 1.85 bits per heavy atom. The molecule has 1 aliphatic heterocycles. The van der Waals surface area contributed by atoms with Crippen molar-refractivity contribution < 1.29 is 0 Å². The second-order valence-electron chi connectivity index (χ2n) is 12.6. The van der Waals surface area contributed by atoms with Crippen LogP contribution in [0.1, 0.15) is 12.7 Å². The van der Waals surface area contributed by atoms with Crippen LogP contribution in [0.5, 0.6) is 0 Å². The zero-order valence-corrected chi connectivity index (χ0v) is 26.6. The molecule has 226 valence electrons. The standard InChI is InChI=1S/C45H31N3/c1-2-42-46-38-24-13-25-40-45(38)48(42)39-27-26-30(28-41(39)47(40)31-16-4-3-5-17-31)43-34-19-8-10-21-36(34)44(37-22-11-9-20-35(37)43)33-23-12-15-29-14-6-7-18-32(29)33/h3-28H,2H2,1H3. The molecule has 0 spiro atoms. The van der Waals surface area contributed by atoms with Gasteiger partial charge in [0.2, 0.25) is 0 Å². The fourth-order valence-electron chi connectivity index (χ4n) is 8.04. The molecule has 10 rings (SSSR count). The van der Waals surface area contributed by atoms with Crippen LogP contribution in [0, 0.1) is 0 Å². The number of hydrogen-bond acceptors (Lipinski definition) is 2. The molecule has 0 unspecified atom stereocenters. The normalized spacial score (nSPS) is 12.3. The lowest BCUT2D eigenvalue weighted by Gasteiger charge is -2.33. The first kappa shape index (κ1) is 27.0. The van der Waals surface area contributed by atoms with Gasteiger partial charge in [-0.25, -0.2) is 4.98 Å². The van der Waals surface area contributed by atoms with Crippen molar-refractivity contribution in [3.8, 4) is 27.9 Å². The largest absolute Gasteiger partial charge is 0.306 e. The van der Waals surface area contributed by atoms with Crippen molar-refractivity contribution in [1.82, 2.24) is 9.55 Å². The topological polar surface area (TPSA) is 21.1 Å². The summed E-state index contributed by atoms with van der Waals surface area (Å²) in [6.07, 6.45) is 0.853. The Kier molecular flexibility index (Phi) is 5.85. The van der Waals surface area contributed by atoms with E-state index in [1.165, 1.54) is 54.6 Å². The highest BCUT2D eigenvalue weighted by Crippen LogP contribution is 2.50. The summed E-state index contributed by atoms with van der Waals surface area (Å²) in [6, 6.07) is 57.5. The number of rotatable bonds is 4. The van der Waals surface area contributed by atoms with Crippen molar-refractivity contribution in [2.45, 2.75) is 13.3 Å². The van der Waals surface area contributed by atoms with E-state index < -0.39 is 0 Å². The Labute approximate surface area is 279 Å². The summed E-state index contributed by atoms with van der Waals surface area (Å²) < 4.78 is 2.38. The first-order valence-electron chi connectivity index (χ1n) is 16.7. The van der Waals surface area contributed by atoms with Crippen LogP contribution < -0.4 is 4.90 Å². The molecule has 0 aliphatic carbocycles. The molecular formula is C45H31N3. The molecule has 0 bridgehead atoms.